The molecule has 0 saturated heterocycles. The summed E-state index contributed by atoms with van der Waals surface area (Å²) in [6, 6.07) is 50.3. The topological polar surface area (TPSA) is 65.0 Å². The molecular weight excluding hydrogens is 639 g/mol. The Hall–Kier alpha value is -6.85. The van der Waals surface area contributed by atoms with Crippen molar-refractivity contribution >= 4 is 66.3 Å². The van der Waals surface area contributed by atoms with Gasteiger partial charge in [0, 0.05) is 38.2 Å². The van der Waals surface area contributed by atoms with Crippen LogP contribution in [0.3, 0.4) is 0 Å². The molecule has 52 heavy (non-hydrogen) atoms. The third-order valence-corrected chi connectivity index (χ3v) is 10.5. The van der Waals surface area contributed by atoms with Crippen molar-refractivity contribution in [3.05, 3.63) is 163 Å². The van der Waals surface area contributed by atoms with Crippen LogP contribution >= 0.6 is 0 Å². The van der Waals surface area contributed by atoms with E-state index in [1.807, 2.05) is 48.5 Å². The van der Waals surface area contributed by atoms with Gasteiger partial charge in [0.25, 0.3) is 0 Å². The van der Waals surface area contributed by atoms with Crippen molar-refractivity contribution in [2.45, 2.75) is 12.8 Å². The van der Waals surface area contributed by atoms with E-state index in [1.54, 1.807) is 0 Å². The van der Waals surface area contributed by atoms with Gasteiger partial charge in [-0.2, -0.15) is 0 Å². The van der Waals surface area contributed by atoms with E-state index in [4.69, 9.17) is 23.8 Å². The van der Waals surface area contributed by atoms with E-state index in [-0.39, 0.29) is 0 Å². The van der Waals surface area contributed by atoms with Crippen LogP contribution in [0, 0.1) is 0 Å². The summed E-state index contributed by atoms with van der Waals surface area (Å²) in [4.78, 5) is 15.4. The zero-order chi connectivity index (χ0) is 34.2. The van der Waals surface area contributed by atoms with Crippen LogP contribution in [0.4, 0.5) is 0 Å². The molecule has 0 atom stereocenters. The van der Waals surface area contributed by atoms with Gasteiger partial charge in [-0.05, 0) is 76.2 Å². The minimum Gasteiger partial charge on any atom is -0.456 e. The number of hydrogen-bond donors (Lipinski definition) is 0. The number of aryl methyl sites for hydroxylation is 1. The van der Waals surface area contributed by atoms with E-state index in [0.29, 0.717) is 17.5 Å². The van der Waals surface area contributed by atoms with Crippen molar-refractivity contribution in [2.24, 2.45) is 0 Å². The van der Waals surface area contributed by atoms with Crippen molar-refractivity contribution < 1.29 is 8.83 Å². The molecule has 0 saturated carbocycles. The second kappa shape index (κ2) is 11.3. The fourth-order valence-electron chi connectivity index (χ4n) is 7.97. The third-order valence-electron chi connectivity index (χ3n) is 10.5. The largest absolute Gasteiger partial charge is 0.456 e. The van der Waals surface area contributed by atoms with Gasteiger partial charge in [0.2, 0.25) is 0 Å². The van der Waals surface area contributed by atoms with E-state index in [1.165, 1.54) is 21.9 Å². The van der Waals surface area contributed by atoms with Crippen LogP contribution in [0.2, 0.25) is 0 Å². The van der Waals surface area contributed by atoms with Gasteiger partial charge in [-0.25, -0.2) is 15.0 Å². The number of nitrogens with zero attached hydrogens (tertiary/aromatic N) is 3. The molecule has 3 heterocycles. The molecule has 1 aliphatic carbocycles. The van der Waals surface area contributed by atoms with Gasteiger partial charge < -0.3 is 8.83 Å². The van der Waals surface area contributed by atoms with Gasteiger partial charge in [0.05, 0.1) is 0 Å². The average Bonchev–Trinajstić information content (AvgIpc) is 3.79. The summed E-state index contributed by atoms with van der Waals surface area (Å²) in [5, 5.41) is 6.77. The minimum atomic E-state index is 0.624. The van der Waals surface area contributed by atoms with Gasteiger partial charge >= 0.3 is 0 Å². The summed E-state index contributed by atoms with van der Waals surface area (Å²) in [5.41, 5.74) is 11.0. The van der Waals surface area contributed by atoms with Crippen LogP contribution in [0.5, 0.6) is 0 Å². The molecule has 5 nitrogen and oxygen atoms in total. The van der Waals surface area contributed by atoms with Crippen molar-refractivity contribution in [2.75, 3.05) is 0 Å². The van der Waals surface area contributed by atoms with Crippen LogP contribution in [-0.4, -0.2) is 15.0 Å². The van der Waals surface area contributed by atoms with Crippen LogP contribution in [0.25, 0.3) is 100 Å². The molecule has 0 fully saturated rings. The monoisotopic (exact) mass is 667 g/mol. The number of rotatable bonds is 4. The van der Waals surface area contributed by atoms with Crippen LogP contribution in [0.1, 0.15) is 23.4 Å². The molecule has 0 aliphatic heterocycles. The Labute approximate surface area is 298 Å². The first-order valence-electron chi connectivity index (χ1n) is 17.6. The highest BCUT2D eigenvalue weighted by Crippen LogP contribution is 2.42. The molecule has 0 radical (unpaired) electrons. The Kier molecular flexibility index (Phi) is 6.31. The van der Waals surface area contributed by atoms with Gasteiger partial charge in [-0.1, -0.05) is 121 Å². The third kappa shape index (κ3) is 4.53. The molecule has 1 aliphatic rings. The van der Waals surface area contributed by atoms with Crippen LogP contribution < -0.4 is 0 Å². The zero-order valence-electron chi connectivity index (χ0n) is 28.0. The Morgan fingerprint density at radius 1 is 0.442 bits per heavy atom. The highest BCUT2D eigenvalue weighted by molar-refractivity contribution is 6.15. The number of para-hydroxylation sites is 2. The van der Waals surface area contributed by atoms with E-state index < -0.39 is 0 Å². The lowest BCUT2D eigenvalue weighted by atomic mass is 9.88. The predicted octanol–water partition coefficient (Wildman–Crippen LogP) is 12.3. The van der Waals surface area contributed by atoms with Crippen molar-refractivity contribution in [1.82, 2.24) is 15.0 Å². The van der Waals surface area contributed by atoms with E-state index in [0.717, 1.165) is 84.5 Å². The molecule has 0 bridgehead atoms. The molecule has 3 aromatic heterocycles. The maximum atomic E-state index is 6.71. The SMILES string of the molecule is C1=C(c2nc(-c3ccccc3)nc(-c3cccc4oc5c(-c6ccc7oc8ccccc8c7c6)cccc5c34)n2)CCc2c1ccc1ccccc21. The fourth-order valence-corrected chi connectivity index (χ4v) is 7.97. The smallest absolute Gasteiger partial charge is 0.164 e. The second-order valence-corrected chi connectivity index (χ2v) is 13.5. The molecule has 0 N–H and O–H groups in total. The Bertz CT molecular complexity index is 3080. The van der Waals surface area contributed by atoms with E-state index >= 15 is 0 Å². The van der Waals surface area contributed by atoms with Gasteiger partial charge in [0.15, 0.2) is 17.5 Å². The lowest BCUT2D eigenvalue weighted by Gasteiger charge is -2.18. The maximum Gasteiger partial charge on any atom is 0.164 e. The lowest BCUT2D eigenvalue weighted by Crippen LogP contribution is -2.06. The second-order valence-electron chi connectivity index (χ2n) is 13.5. The quantitative estimate of drug-likeness (QED) is 0.187. The summed E-state index contributed by atoms with van der Waals surface area (Å²) in [6.07, 6.45) is 4.03. The molecule has 10 aromatic rings. The summed E-state index contributed by atoms with van der Waals surface area (Å²) in [7, 11) is 0. The molecular formula is C47H29N3O2. The molecule has 0 spiro atoms. The summed E-state index contributed by atoms with van der Waals surface area (Å²) in [5.74, 6) is 1.98. The first kappa shape index (κ1) is 28.9. The molecule has 244 valence electrons. The van der Waals surface area contributed by atoms with Crippen molar-refractivity contribution in [3.63, 3.8) is 0 Å². The lowest BCUT2D eigenvalue weighted by molar-refractivity contribution is 0.668. The number of furan rings is 2. The standard InChI is InChI=1S/C47H29N3O2/c1-2-11-29(12-3-1)45-48-46(32-22-24-34-30(26-32)21-20-28-10-4-5-13-33(28)34)50-47(49-45)38-17-9-19-42-43(38)37-16-8-15-35(44(37)52-42)31-23-25-41-39(27-31)36-14-6-7-18-40(36)51-41/h1-21,23,25-27H,22,24H2. The Balaban J connectivity index is 1.09. The highest BCUT2D eigenvalue weighted by atomic mass is 16.3. The Morgan fingerprint density at radius 2 is 1.17 bits per heavy atom. The number of hydrogen-bond acceptors (Lipinski definition) is 5. The average molecular weight is 668 g/mol. The molecule has 11 rings (SSSR count). The summed E-state index contributed by atoms with van der Waals surface area (Å²) < 4.78 is 12.8. The normalized spacial score (nSPS) is 13.0. The van der Waals surface area contributed by atoms with Gasteiger partial charge in [-0.15, -0.1) is 0 Å². The number of benzene rings is 7. The van der Waals surface area contributed by atoms with Gasteiger partial charge in [0.1, 0.15) is 22.3 Å². The summed E-state index contributed by atoms with van der Waals surface area (Å²) >= 11 is 0. The first-order chi connectivity index (χ1) is 25.7. The first-order valence-corrected chi connectivity index (χ1v) is 17.6. The highest BCUT2D eigenvalue weighted by Gasteiger charge is 2.22. The molecule has 5 heteroatoms. The maximum absolute atomic E-state index is 6.71. The molecule has 0 unspecified atom stereocenters. The molecule has 0 amide bonds. The fraction of sp³-hybridized carbons (Fsp3) is 0.0426. The number of aromatic nitrogens is 3. The molecule has 7 aromatic carbocycles. The Morgan fingerprint density at radius 3 is 2.12 bits per heavy atom. The van der Waals surface area contributed by atoms with Crippen LogP contribution in [-0.2, 0) is 6.42 Å². The van der Waals surface area contributed by atoms with Crippen molar-refractivity contribution in [1.29, 1.82) is 0 Å². The summed E-state index contributed by atoms with van der Waals surface area (Å²) in [6.45, 7) is 0. The van der Waals surface area contributed by atoms with Crippen molar-refractivity contribution in [3.8, 4) is 33.9 Å². The zero-order valence-corrected chi connectivity index (χ0v) is 28.0. The minimum absolute atomic E-state index is 0.624. The number of fused-ring (bicyclic) bond motifs is 9. The van der Waals surface area contributed by atoms with E-state index in [2.05, 4.69) is 103 Å². The van der Waals surface area contributed by atoms with E-state index in [9.17, 15) is 0 Å². The van der Waals surface area contributed by atoms with Crippen LogP contribution in [0.15, 0.2) is 154 Å². The number of allylic oxidation sites excluding steroid dienone is 1. The predicted molar refractivity (Wildman–Crippen MR) is 211 cm³/mol. The van der Waals surface area contributed by atoms with Gasteiger partial charge in [-0.3, -0.25) is 0 Å².